The second-order valence-corrected chi connectivity index (χ2v) is 19.5. The van der Waals surface area contributed by atoms with Crippen molar-refractivity contribution < 1.29 is 14.3 Å². The summed E-state index contributed by atoms with van der Waals surface area (Å²) < 4.78 is 10.2. The molecule has 4 bridgehead atoms. The van der Waals surface area contributed by atoms with Crippen LogP contribution in [0.3, 0.4) is 0 Å². The second-order valence-electron chi connectivity index (χ2n) is 19.5. The second kappa shape index (κ2) is 17.4. The lowest BCUT2D eigenvalue weighted by Crippen LogP contribution is -2.39. The maximum Gasteiger partial charge on any atom is 0.254 e. The van der Waals surface area contributed by atoms with Crippen LogP contribution in [-0.2, 0) is 17.7 Å². The van der Waals surface area contributed by atoms with Crippen LogP contribution in [0, 0.1) is 11.8 Å². The topological polar surface area (TPSA) is 105 Å². The van der Waals surface area contributed by atoms with Crippen LogP contribution in [0.25, 0.3) is 33.2 Å². The monoisotopic (exact) mass is 878 g/mol. The molecule has 0 radical (unpaired) electrons. The molecule has 11 heteroatoms. The zero-order chi connectivity index (χ0) is 44.1. The summed E-state index contributed by atoms with van der Waals surface area (Å²) in [7, 11) is 0. The third kappa shape index (κ3) is 7.60. The van der Waals surface area contributed by atoms with Crippen molar-refractivity contribution in [3.05, 3.63) is 151 Å². The number of hydrogen-bond donors (Lipinski definition) is 1. The standard InChI is InChI=1S/C30H32N4O2.C25H26N4O/c35-30(21-6-2-1-3-7-21)34-26-10-12-28(34)24(17-26)19-32-14-13-23-16-22(9-11-27(23)32)25-18-31-33(20-25)29-8-4-5-15-36-29;30-25(17-4-2-1-3-5-17)29-22-7-9-24(29)20(13-22)16-28-11-10-19-12-18(6-8-23(19)28)21-14-26-27-15-21/h1-3,6-7,9,11,13-14,16,18,20,24,26,28-29H,4-5,8,10,12,15,17,19H2;1-6,8,12,14-15,20,22,24H,7,9-11,13,16H2,(H,26,27). The van der Waals surface area contributed by atoms with Crippen LogP contribution in [0.5, 0.6) is 0 Å². The number of aromatic nitrogens is 5. The van der Waals surface area contributed by atoms with E-state index in [1.54, 1.807) is 0 Å². The highest BCUT2D eigenvalue weighted by Crippen LogP contribution is 2.45. The lowest BCUT2D eigenvalue weighted by molar-refractivity contribution is -0.0394. The molecule has 5 saturated heterocycles. The number of benzene rings is 4. The summed E-state index contributed by atoms with van der Waals surface area (Å²) in [6.07, 6.45) is 21.4. The van der Waals surface area contributed by atoms with E-state index in [9.17, 15) is 9.59 Å². The molecular formula is C55H58N8O3. The molecule has 4 aromatic carbocycles. The third-order valence-electron chi connectivity index (χ3n) is 15.8. The summed E-state index contributed by atoms with van der Waals surface area (Å²) in [5.41, 5.74) is 10.4. The van der Waals surface area contributed by atoms with Crippen LogP contribution >= 0.6 is 0 Å². The van der Waals surface area contributed by atoms with Gasteiger partial charge in [-0.3, -0.25) is 14.7 Å². The average molecular weight is 879 g/mol. The fourth-order valence-corrected chi connectivity index (χ4v) is 12.6. The van der Waals surface area contributed by atoms with E-state index < -0.39 is 0 Å². The predicted molar refractivity (Wildman–Crippen MR) is 257 cm³/mol. The molecule has 13 rings (SSSR count). The minimum atomic E-state index is 0.0624. The zero-order valence-corrected chi connectivity index (χ0v) is 37.5. The maximum absolute atomic E-state index is 13.2. The van der Waals surface area contributed by atoms with Gasteiger partial charge in [0.15, 0.2) is 0 Å². The smallest absolute Gasteiger partial charge is 0.254 e. The summed E-state index contributed by atoms with van der Waals surface area (Å²) in [6.45, 7) is 3.90. The van der Waals surface area contributed by atoms with Crippen molar-refractivity contribution in [1.82, 2.24) is 34.3 Å². The fourth-order valence-electron chi connectivity index (χ4n) is 12.6. The Balaban J connectivity index is 0.000000141. The van der Waals surface area contributed by atoms with Crippen molar-refractivity contribution in [1.29, 1.82) is 0 Å². The highest BCUT2D eigenvalue weighted by molar-refractivity contribution is 5.95. The van der Waals surface area contributed by atoms with E-state index in [-0.39, 0.29) is 18.0 Å². The number of carbonyl (C=O) groups is 2. The molecule has 336 valence electrons. The molecule has 6 aliphatic heterocycles. The molecule has 6 aliphatic rings. The molecular weight excluding hydrogens is 821 g/mol. The first kappa shape index (κ1) is 41.0. The van der Waals surface area contributed by atoms with Crippen LogP contribution in [-0.4, -0.2) is 90.0 Å². The maximum atomic E-state index is 13.2. The average Bonchev–Trinajstić information content (AvgIpc) is 4.25. The summed E-state index contributed by atoms with van der Waals surface area (Å²) in [5.74, 6) is 1.49. The molecule has 0 aliphatic carbocycles. The molecule has 1 N–H and O–H groups in total. The molecule has 7 aromatic rings. The lowest BCUT2D eigenvalue weighted by Gasteiger charge is -2.29. The van der Waals surface area contributed by atoms with Crippen LogP contribution in [0.15, 0.2) is 134 Å². The molecule has 7 unspecified atom stereocenters. The van der Waals surface area contributed by atoms with Crippen LogP contribution in [0.1, 0.15) is 90.3 Å². The van der Waals surface area contributed by atoms with Crippen molar-refractivity contribution in [2.24, 2.45) is 11.8 Å². The number of nitrogens with one attached hydrogen (secondary N) is 1. The Morgan fingerprint density at radius 1 is 0.682 bits per heavy atom. The van der Waals surface area contributed by atoms with Gasteiger partial charge >= 0.3 is 0 Å². The Morgan fingerprint density at radius 2 is 1.38 bits per heavy atom. The molecule has 7 atom stereocenters. The predicted octanol–water partition coefficient (Wildman–Crippen LogP) is 10.0. The first-order chi connectivity index (χ1) is 32.5. The van der Waals surface area contributed by atoms with Crippen LogP contribution < -0.4 is 4.90 Å². The van der Waals surface area contributed by atoms with Gasteiger partial charge < -0.3 is 24.0 Å². The van der Waals surface area contributed by atoms with Gasteiger partial charge in [0.2, 0.25) is 0 Å². The molecule has 66 heavy (non-hydrogen) atoms. The number of hydrogen-bond acceptors (Lipinski definition) is 6. The Bertz CT molecular complexity index is 2830. The first-order valence-corrected chi connectivity index (χ1v) is 24.4. The molecule has 2 amide bonds. The van der Waals surface area contributed by atoms with Crippen molar-refractivity contribution >= 4 is 28.4 Å². The van der Waals surface area contributed by atoms with Crippen LogP contribution in [0.2, 0.25) is 0 Å². The number of ether oxygens (including phenoxy) is 1. The number of nitrogens with zero attached hydrogens (tertiary/aromatic N) is 7. The SMILES string of the molecule is O=C(c1ccccc1)N1C2CCC1C(CN1CCc3cc(-c4cn[nH]c4)ccc31)C2.O=C(c1ccccc1)N1C2CCC1C(Cn1ccc3cc(-c4cnn(C5CCCCO5)c4)ccc31)C2. The quantitative estimate of drug-likeness (QED) is 0.155. The number of rotatable bonds is 9. The normalized spacial score (nSPS) is 25.1. The number of aromatic amines is 1. The van der Waals surface area contributed by atoms with Crippen molar-refractivity contribution in [2.75, 3.05) is 24.6 Å². The highest BCUT2D eigenvalue weighted by atomic mass is 16.5. The minimum Gasteiger partial charge on any atom is -0.371 e. The van der Waals surface area contributed by atoms with E-state index in [1.807, 2.05) is 83.9 Å². The van der Waals surface area contributed by atoms with Gasteiger partial charge in [0.05, 0.1) is 12.4 Å². The van der Waals surface area contributed by atoms with Gasteiger partial charge in [0.25, 0.3) is 11.8 Å². The third-order valence-corrected chi connectivity index (χ3v) is 15.8. The van der Waals surface area contributed by atoms with Gasteiger partial charge in [0, 0.05) is 108 Å². The van der Waals surface area contributed by atoms with Gasteiger partial charge in [-0.25, -0.2) is 4.68 Å². The summed E-state index contributed by atoms with van der Waals surface area (Å²) in [5, 5.41) is 12.8. The van der Waals surface area contributed by atoms with Gasteiger partial charge in [-0.15, -0.1) is 0 Å². The van der Waals surface area contributed by atoms with Crippen molar-refractivity contribution in [2.45, 2.75) is 101 Å². The molecule has 0 saturated carbocycles. The molecule has 3 aromatic heterocycles. The zero-order valence-electron chi connectivity index (χ0n) is 37.5. The molecule has 0 spiro atoms. The van der Waals surface area contributed by atoms with Crippen molar-refractivity contribution in [3.63, 3.8) is 0 Å². The van der Waals surface area contributed by atoms with E-state index in [0.29, 0.717) is 36.0 Å². The number of anilines is 1. The van der Waals surface area contributed by atoms with Gasteiger partial charge in [-0.05, 0) is 147 Å². The lowest BCUT2D eigenvalue weighted by atomic mass is 9.89. The van der Waals surface area contributed by atoms with Crippen LogP contribution in [0.4, 0.5) is 5.69 Å². The first-order valence-electron chi connectivity index (χ1n) is 24.4. The van der Waals surface area contributed by atoms with Gasteiger partial charge in [0.1, 0.15) is 6.23 Å². The number of carbonyl (C=O) groups excluding carboxylic acids is 2. The summed E-state index contributed by atoms with van der Waals surface area (Å²) in [6, 6.07) is 36.8. The van der Waals surface area contributed by atoms with E-state index in [4.69, 9.17) is 4.74 Å². The van der Waals surface area contributed by atoms with Gasteiger partial charge in [-0.2, -0.15) is 10.2 Å². The van der Waals surface area contributed by atoms with E-state index >= 15 is 0 Å². The number of H-pyrrole nitrogens is 1. The van der Waals surface area contributed by atoms with Crippen molar-refractivity contribution in [3.8, 4) is 22.3 Å². The molecule has 11 nitrogen and oxygen atoms in total. The Labute approximate surface area is 386 Å². The summed E-state index contributed by atoms with van der Waals surface area (Å²) >= 11 is 0. The van der Waals surface area contributed by atoms with Gasteiger partial charge in [-0.1, -0.05) is 48.5 Å². The van der Waals surface area contributed by atoms with E-state index in [1.165, 1.54) is 39.7 Å². The Morgan fingerprint density at radius 3 is 2.06 bits per heavy atom. The largest absolute Gasteiger partial charge is 0.371 e. The number of fused-ring (bicyclic) bond motifs is 6. The summed E-state index contributed by atoms with van der Waals surface area (Å²) in [4.78, 5) is 33.3. The molecule has 9 heterocycles. The minimum absolute atomic E-state index is 0.0624. The highest BCUT2D eigenvalue weighted by Gasteiger charge is 2.50. The van der Waals surface area contributed by atoms with E-state index in [0.717, 1.165) is 106 Å². The number of amides is 2. The Hall–Kier alpha value is -6.46. The molecule has 5 fully saturated rings. The fraction of sp³-hybridized carbons (Fsp3) is 0.382. The Kier molecular flexibility index (Phi) is 10.8. The van der Waals surface area contributed by atoms with E-state index in [2.05, 4.69) is 89.4 Å².